The van der Waals surface area contributed by atoms with Crippen molar-refractivity contribution >= 4 is 24.0 Å². The van der Waals surface area contributed by atoms with Gasteiger partial charge in [0.25, 0.3) is 0 Å². The van der Waals surface area contributed by atoms with E-state index in [0.29, 0.717) is 6.04 Å². The summed E-state index contributed by atoms with van der Waals surface area (Å²) in [5.74, 6) is 0.0432. The number of aryl methyl sites for hydroxylation is 2. The topological polar surface area (TPSA) is 44.4 Å². The third-order valence-corrected chi connectivity index (χ3v) is 5.24. The van der Waals surface area contributed by atoms with Crippen molar-refractivity contribution in [1.82, 2.24) is 10.2 Å². The number of carbonyl (C=O) groups excluding carboxylic acids is 1. The highest BCUT2D eigenvalue weighted by atomic mass is 35.5. The Morgan fingerprint density at radius 1 is 1.15 bits per heavy atom. The van der Waals surface area contributed by atoms with Gasteiger partial charge in [0.15, 0.2) is 0 Å². The lowest BCUT2D eigenvalue weighted by molar-refractivity contribution is -0.122. The Morgan fingerprint density at radius 2 is 1.89 bits per heavy atom. The normalized spacial score (nSPS) is 18.4. The lowest BCUT2D eigenvalue weighted by Crippen LogP contribution is -2.48. The molecule has 0 aromatic heterocycles. The van der Waals surface area contributed by atoms with E-state index in [0.717, 1.165) is 48.3 Å². The Morgan fingerprint density at radius 3 is 2.59 bits per heavy atom. The second-order valence-electron chi connectivity index (χ2n) is 7.24. The largest absolute Gasteiger partial charge is 0.324 e. The van der Waals surface area contributed by atoms with Crippen molar-refractivity contribution in [3.05, 3.63) is 65.2 Å². The van der Waals surface area contributed by atoms with Gasteiger partial charge in [-0.05, 0) is 63.0 Å². The lowest BCUT2D eigenvalue weighted by atomic mass is 9.98. The fourth-order valence-electron chi connectivity index (χ4n) is 3.71. The van der Waals surface area contributed by atoms with Crippen LogP contribution in [0, 0.1) is 13.8 Å². The molecule has 1 heterocycles. The minimum atomic E-state index is -0.271. The van der Waals surface area contributed by atoms with Crippen LogP contribution < -0.4 is 10.6 Å². The summed E-state index contributed by atoms with van der Waals surface area (Å²) in [5, 5.41) is 6.55. The highest BCUT2D eigenvalue weighted by Crippen LogP contribution is 2.27. The molecule has 0 aliphatic carbocycles. The molecule has 3 rings (SSSR count). The van der Waals surface area contributed by atoms with E-state index in [9.17, 15) is 4.79 Å². The predicted octanol–water partition coefficient (Wildman–Crippen LogP) is 4.09. The second-order valence-corrected chi connectivity index (χ2v) is 7.24. The second kappa shape index (κ2) is 9.88. The van der Waals surface area contributed by atoms with Crippen LogP contribution in [0.3, 0.4) is 0 Å². The van der Waals surface area contributed by atoms with E-state index in [1.54, 1.807) is 0 Å². The molecule has 0 radical (unpaired) electrons. The summed E-state index contributed by atoms with van der Waals surface area (Å²) in [4.78, 5) is 15.6. The number of nitrogens with one attached hydrogen (secondary N) is 2. The van der Waals surface area contributed by atoms with Crippen LogP contribution in [0.25, 0.3) is 0 Å². The van der Waals surface area contributed by atoms with Crippen molar-refractivity contribution in [3.63, 3.8) is 0 Å². The number of anilines is 1. The minimum absolute atomic E-state index is 0. The van der Waals surface area contributed by atoms with Gasteiger partial charge in [-0.15, -0.1) is 12.4 Å². The monoisotopic (exact) mass is 387 g/mol. The number of hydrogen-bond acceptors (Lipinski definition) is 3. The van der Waals surface area contributed by atoms with Gasteiger partial charge in [-0.3, -0.25) is 9.69 Å². The summed E-state index contributed by atoms with van der Waals surface area (Å²) < 4.78 is 0. The molecule has 1 fully saturated rings. The number of halogens is 1. The molecule has 146 valence electrons. The van der Waals surface area contributed by atoms with Gasteiger partial charge in [-0.25, -0.2) is 0 Å². The molecule has 2 aromatic carbocycles. The number of carbonyl (C=O) groups is 1. The van der Waals surface area contributed by atoms with Gasteiger partial charge < -0.3 is 10.6 Å². The van der Waals surface area contributed by atoms with Crippen molar-refractivity contribution in [1.29, 1.82) is 0 Å². The Balaban J connectivity index is 0.00000261. The first-order chi connectivity index (χ1) is 12.6. The maximum atomic E-state index is 13.3. The molecule has 1 aliphatic rings. The van der Waals surface area contributed by atoms with Crippen LogP contribution in [-0.2, 0) is 4.79 Å². The van der Waals surface area contributed by atoms with Crippen molar-refractivity contribution in [2.45, 2.75) is 38.8 Å². The fourth-order valence-corrected chi connectivity index (χ4v) is 3.71. The quantitative estimate of drug-likeness (QED) is 0.812. The van der Waals surface area contributed by atoms with Crippen LogP contribution in [-0.4, -0.2) is 37.0 Å². The molecule has 27 heavy (non-hydrogen) atoms. The molecule has 0 bridgehead atoms. The summed E-state index contributed by atoms with van der Waals surface area (Å²) in [5.41, 5.74) is 4.18. The number of piperidine rings is 1. The van der Waals surface area contributed by atoms with E-state index in [-0.39, 0.29) is 24.4 Å². The summed E-state index contributed by atoms with van der Waals surface area (Å²) in [7, 11) is 2.00. The third-order valence-electron chi connectivity index (χ3n) is 5.24. The number of benzene rings is 2. The van der Waals surface area contributed by atoms with E-state index in [4.69, 9.17) is 0 Å². The van der Waals surface area contributed by atoms with Crippen LogP contribution in [0.2, 0.25) is 0 Å². The number of amides is 1. The van der Waals surface area contributed by atoms with Crippen LogP contribution in [0.4, 0.5) is 5.69 Å². The van der Waals surface area contributed by atoms with Gasteiger partial charge in [0.2, 0.25) is 5.91 Å². The highest BCUT2D eigenvalue weighted by molar-refractivity contribution is 5.96. The van der Waals surface area contributed by atoms with E-state index < -0.39 is 0 Å². The lowest BCUT2D eigenvalue weighted by Gasteiger charge is -2.37. The Kier molecular flexibility index (Phi) is 7.84. The van der Waals surface area contributed by atoms with Gasteiger partial charge in [0.05, 0.1) is 0 Å². The molecule has 5 heteroatoms. The molecule has 1 saturated heterocycles. The first-order valence-electron chi connectivity index (χ1n) is 9.43. The zero-order valence-electron chi connectivity index (χ0n) is 16.4. The fraction of sp³-hybridized carbons (Fsp3) is 0.409. The molecular weight excluding hydrogens is 358 g/mol. The van der Waals surface area contributed by atoms with E-state index in [1.807, 2.05) is 45.2 Å². The number of hydrogen-bond donors (Lipinski definition) is 2. The molecule has 2 N–H and O–H groups in total. The van der Waals surface area contributed by atoms with E-state index in [2.05, 4.69) is 39.8 Å². The zero-order chi connectivity index (χ0) is 18.5. The molecule has 1 aliphatic heterocycles. The van der Waals surface area contributed by atoms with E-state index >= 15 is 0 Å². The molecule has 0 saturated carbocycles. The van der Waals surface area contributed by atoms with Crippen molar-refractivity contribution in [2.75, 3.05) is 25.5 Å². The Bertz CT molecular complexity index is 750. The molecule has 2 atom stereocenters. The maximum absolute atomic E-state index is 13.3. The summed E-state index contributed by atoms with van der Waals surface area (Å²) in [6, 6.07) is 16.4. The molecule has 0 spiro atoms. The Hall–Kier alpha value is -1.88. The predicted molar refractivity (Wildman–Crippen MR) is 115 cm³/mol. The average molecular weight is 388 g/mol. The standard InChI is InChI=1S/C22H29N3O.ClH/c1-16-11-12-17(2)20(14-16)24-22(26)21(18-8-5-4-6-9-18)25-13-7-10-19(15-25)23-3;/h4-6,8-9,11-12,14,19,21,23H,7,10,13,15H2,1-3H3,(H,24,26);1H. The van der Waals surface area contributed by atoms with Crippen LogP contribution in [0.1, 0.15) is 35.6 Å². The molecule has 1 amide bonds. The highest BCUT2D eigenvalue weighted by Gasteiger charge is 2.31. The number of likely N-dealkylation sites (N-methyl/N-ethyl adjacent to an activating group) is 1. The third kappa shape index (κ3) is 5.32. The van der Waals surface area contributed by atoms with Crippen molar-refractivity contribution in [2.24, 2.45) is 0 Å². The van der Waals surface area contributed by atoms with Crippen molar-refractivity contribution in [3.8, 4) is 0 Å². The number of rotatable bonds is 5. The number of nitrogens with zero attached hydrogens (tertiary/aromatic N) is 1. The van der Waals surface area contributed by atoms with Gasteiger partial charge >= 0.3 is 0 Å². The summed E-state index contributed by atoms with van der Waals surface area (Å²) in [6.07, 6.45) is 2.26. The minimum Gasteiger partial charge on any atom is -0.324 e. The SMILES string of the molecule is CNC1CCCN(C(C(=O)Nc2cc(C)ccc2C)c2ccccc2)C1.Cl. The summed E-state index contributed by atoms with van der Waals surface area (Å²) in [6.45, 7) is 5.91. The van der Waals surface area contributed by atoms with Crippen LogP contribution in [0.15, 0.2) is 48.5 Å². The first kappa shape index (κ1) is 21.4. The van der Waals surface area contributed by atoms with Crippen LogP contribution >= 0.6 is 12.4 Å². The molecule has 4 nitrogen and oxygen atoms in total. The van der Waals surface area contributed by atoms with Gasteiger partial charge in [-0.2, -0.15) is 0 Å². The van der Waals surface area contributed by atoms with Gasteiger partial charge in [-0.1, -0.05) is 42.5 Å². The van der Waals surface area contributed by atoms with Gasteiger partial charge in [0.1, 0.15) is 6.04 Å². The maximum Gasteiger partial charge on any atom is 0.246 e. The Labute approximate surface area is 168 Å². The molecule has 2 unspecified atom stereocenters. The van der Waals surface area contributed by atoms with Crippen LogP contribution in [0.5, 0.6) is 0 Å². The van der Waals surface area contributed by atoms with Crippen molar-refractivity contribution < 1.29 is 4.79 Å². The number of likely N-dealkylation sites (tertiary alicyclic amines) is 1. The van der Waals surface area contributed by atoms with E-state index in [1.165, 1.54) is 0 Å². The smallest absolute Gasteiger partial charge is 0.246 e. The molecule has 2 aromatic rings. The summed E-state index contributed by atoms with van der Waals surface area (Å²) >= 11 is 0. The first-order valence-corrected chi connectivity index (χ1v) is 9.43. The zero-order valence-corrected chi connectivity index (χ0v) is 17.2. The molecular formula is C22H30ClN3O. The van der Waals surface area contributed by atoms with Gasteiger partial charge in [0, 0.05) is 18.3 Å². The average Bonchev–Trinajstić information content (AvgIpc) is 2.66.